The first-order chi connectivity index (χ1) is 13.0. The van der Waals surface area contributed by atoms with Gasteiger partial charge in [0.15, 0.2) is 6.54 Å². The van der Waals surface area contributed by atoms with E-state index in [4.69, 9.17) is 23.2 Å². The molecule has 1 aliphatic rings. The Labute approximate surface area is 167 Å². The van der Waals surface area contributed by atoms with Gasteiger partial charge in [-0.2, -0.15) is 0 Å². The molecule has 27 heavy (non-hydrogen) atoms. The van der Waals surface area contributed by atoms with E-state index in [1.807, 2.05) is 17.1 Å². The van der Waals surface area contributed by atoms with Crippen LogP contribution in [0.2, 0.25) is 10.0 Å². The number of aromatic nitrogens is 2. The van der Waals surface area contributed by atoms with E-state index in [9.17, 15) is 9.18 Å². The van der Waals surface area contributed by atoms with Crippen LogP contribution in [0.25, 0.3) is 0 Å². The van der Waals surface area contributed by atoms with Crippen molar-refractivity contribution in [3.8, 4) is 0 Å². The molecule has 0 unspecified atom stereocenters. The number of benzene rings is 1. The third-order valence-corrected chi connectivity index (χ3v) is 5.26. The fourth-order valence-electron chi connectivity index (χ4n) is 3.03. The van der Waals surface area contributed by atoms with Gasteiger partial charge in [0, 0.05) is 44.1 Å². The molecule has 1 aliphatic heterocycles. The van der Waals surface area contributed by atoms with E-state index in [1.165, 1.54) is 12.1 Å². The number of anilines is 1. The lowest BCUT2D eigenvalue weighted by Crippen LogP contribution is -2.87. The molecule has 144 valence electrons. The first kappa shape index (κ1) is 19.8. The highest BCUT2D eigenvalue weighted by Crippen LogP contribution is 2.27. The Morgan fingerprint density at radius 2 is 1.85 bits per heavy atom. The van der Waals surface area contributed by atoms with Gasteiger partial charge in [-0.1, -0.05) is 23.2 Å². The average Bonchev–Trinajstić information content (AvgIpc) is 2.69. The number of carbonyl (C=O) groups is 1. The number of hydrogen-bond acceptors (Lipinski definition) is 4. The Balaban J connectivity index is 1.51. The molecule has 0 radical (unpaired) electrons. The van der Waals surface area contributed by atoms with Crippen molar-refractivity contribution in [3.05, 3.63) is 52.0 Å². The van der Waals surface area contributed by atoms with E-state index in [1.54, 1.807) is 18.5 Å². The molecule has 6 nitrogen and oxygen atoms in total. The number of carbonyl (C=O) groups excluding carboxylic acids is 1. The summed E-state index contributed by atoms with van der Waals surface area (Å²) < 4.78 is 13.7. The van der Waals surface area contributed by atoms with Crippen molar-refractivity contribution in [2.75, 3.05) is 37.6 Å². The van der Waals surface area contributed by atoms with Crippen molar-refractivity contribution >= 4 is 35.1 Å². The lowest BCUT2D eigenvalue weighted by Gasteiger charge is -2.34. The molecule has 0 saturated carbocycles. The van der Waals surface area contributed by atoms with Gasteiger partial charge in [-0.25, -0.2) is 14.4 Å². The standard InChI is InChI=1S/C18H20Cl2FN5O/c1-12(13-9-16(21)15(20)10-14(13)19)24-11-17(27)25-5-7-26(8-6-25)18-22-3-2-4-23-18/h2-4,9-10,12,24H,5-8,11H2,1H3/p+1/t12-/m0/s1. The zero-order valence-corrected chi connectivity index (χ0v) is 16.4. The normalized spacial score (nSPS) is 15.7. The second-order valence-corrected chi connectivity index (χ2v) is 7.25. The number of amides is 1. The quantitative estimate of drug-likeness (QED) is 0.761. The number of rotatable bonds is 5. The van der Waals surface area contributed by atoms with Crippen LogP contribution in [0.1, 0.15) is 18.5 Å². The fraction of sp³-hybridized carbons (Fsp3) is 0.389. The van der Waals surface area contributed by atoms with Crippen molar-refractivity contribution < 1.29 is 14.5 Å². The zero-order chi connectivity index (χ0) is 19.4. The summed E-state index contributed by atoms with van der Waals surface area (Å²) in [6, 6.07) is 4.34. The minimum absolute atomic E-state index is 0.00714. The van der Waals surface area contributed by atoms with Gasteiger partial charge in [0.2, 0.25) is 5.95 Å². The van der Waals surface area contributed by atoms with E-state index in [0.29, 0.717) is 42.7 Å². The lowest BCUT2D eigenvalue weighted by atomic mass is 10.1. The molecule has 0 bridgehead atoms. The fourth-order valence-corrected chi connectivity index (χ4v) is 3.59. The minimum Gasteiger partial charge on any atom is -0.337 e. The molecule has 0 aliphatic carbocycles. The Morgan fingerprint density at radius 3 is 2.52 bits per heavy atom. The molecule has 2 heterocycles. The molecule has 1 amide bonds. The summed E-state index contributed by atoms with van der Waals surface area (Å²) in [5, 5.41) is 2.24. The third kappa shape index (κ3) is 4.86. The molecule has 1 saturated heterocycles. The Hall–Kier alpha value is -1.96. The molecule has 3 rings (SSSR count). The van der Waals surface area contributed by atoms with Gasteiger partial charge in [0.25, 0.3) is 5.91 Å². The second kappa shape index (κ2) is 8.82. The Morgan fingerprint density at radius 1 is 1.19 bits per heavy atom. The van der Waals surface area contributed by atoms with Crippen LogP contribution >= 0.6 is 23.2 Å². The third-order valence-electron chi connectivity index (χ3n) is 4.64. The van der Waals surface area contributed by atoms with E-state index >= 15 is 0 Å². The summed E-state index contributed by atoms with van der Waals surface area (Å²) in [5.74, 6) is 0.215. The number of piperazine rings is 1. The van der Waals surface area contributed by atoms with Crippen LogP contribution in [-0.4, -0.2) is 53.5 Å². The van der Waals surface area contributed by atoms with Gasteiger partial charge in [-0.15, -0.1) is 0 Å². The average molecular weight is 413 g/mol. The first-order valence-corrected chi connectivity index (χ1v) is 9.49. The van der Waals surface area contributed by atoms with Crippen molar-refractivity contribution in [3.63, 3.8) is 0 Å². The van der Waals surface area contributed by atoms with Gasteiger partial charge in [-0.3, -0.25) is 4.79 Å². The van der Waals surface area contributed by atoms with Gasteiger partial charge in [-0.05, 0) is 25.1 Å². The maximum atomic E-state index is 13.7. The van der Waals surface area contributed by atoms with Crippen molar-refractivity contribution in [1.82, 2.24) is 14.9 Å². The summed E-state index contributed by atoms with van der Waals surface area (Å²) in [4.78, 5) is 24.9. The molecule has 0 spiro atoms. The molecular weight excluding hydrogens is 392 g/mol. The Bertz CT molecular complexity index is 800. The van der Waals surface area contributed by atoms with Crippen LogP contribution in [0.4, 0.5) is 10.3 Å². The number of nitrogens with zero attached hydrogens (tertiary/aromatic N) is 4. The van der Waals surface area contributed by atoms with Gasteiger partial charge in [0.05, 0.1) is 10.0 Å². The topological polar surface area (TPSA) is 65.9 Å². The molecule has 2 N–H and O–H groups in total. The SMILES string of the molecule is C[C@H]([NH2+]CC(=O)N1CCN(c2ncccn2)CC1)c1cc(F)c(Cl)cc1Cl. The maximum Gasteiger partial charge on any atom is 0.277 e. The molecule has 2 aromatic rings. The predicted octanol–water partition coefficient (Wildman–Crippen LogP) is 1.90. The number of halogens is 3. The predicted molar refractivity (Wildman–Crippen MR) is 102 cm³/mol. The van der Waals surface area contributed by atoms with Crippen LogP contribution in [0, 0.1) is 5.82 Å². The number of hydrogen-bond donors (Lipinski definition) is 1. The van der Waals surface area contributed by atoms with Crippen LogP contribution in [0.3, 0.4) is 0 Å². The number of nitrogens with two attached hydrogens (primary N) is 1. The van der Waals surface area contributed by atoms with Gasteiger partial charge >= 0.3 is 0 Å². The number of quaternary nitrogens is 1. The molecule has 9 heteroatoms. The largest absolute Gasteiger partial charge is 0.337 e. The van der Waals surface area contributed by atoms with Crippen LogP contribution in [0.5, 0.6) is 0 Å². The van der Waals surface area contributed by atoms with Crippen LogP contribution < -0.4 is 10.2 Å². The summed E-state index contributed by atoms with van der Waals surface area (Å²) >= 11 is 11.9. The lowest BCUT2D eigenvalue weighted by molar-refractivity contribution is -0.683. The maximum absolute atomic E-state index is 13.7. The van der Waals surface area contributed by atoms with Crippen LogP contribution in [0.15, 0.2) is 30.6 Å². The van der Waals surface area contributed by atoms with E-state index < -0.39 is 5.82 Å². The monoisotopic (exact) mass is 412 g/mol. The van der Waals surface area contributed by atoms with Crippen molar-refractivity contribution in [2.45, 2.75) is 13.0 Å². The zero-order valence-electron chi connectivity index (χ0n) is 14.9. The highest BCUT2D eigenvalue weighted by molar-refractivity contribution is 6.35. The van der Waals surface area contributed by atoms with Crippen molar-refractivity contribution in [1.29, 1.82) is 0 Å². The van der Waals surface area contributed by atoms with E-state index in [0.717, 1.165) is 0 Å². The molecule has 1 aromatic carbocycles. The summed E-state index contributed by atoms with van der Waals surface area (Å²) in [7, 11) is 0. The summed E-state index contributed by atoms with van der Waals surface area (Å²) in [6.07, 6.45) is 3.42. The van der Waals surface area contributed by atoms with Gasteiger partial charge in [0.1, 0.15) is 11.9 Å². The first-order valence-electron chi connectivity index (χ1n) is 8.73. The summed E-state index contributed by atoms with van der Waals surface area (Å²) in [6.45, 7) is 4.78. The van der Waals surface area contributed by atoms with E-state index in [2.05, 4.69) is 14.9 Å². The van der Waals surface area contributed by atoms with E-state index in [-0.39, 0.29) is 23.5 Å². The van der Waals surface area contributed by atoms with Crippen molar-refractivity contribution in [2.24, 2.45) is 0 Å². The highest BCUT2D eigenvalue weighted by Gasteiger charge is 2.24. The molecule has 1 aromatic heterocycles. The highest BCUT2D eigenvalue weighted by atomic mass is 35.5. The molecular formula is C18H21Cl2FN5O+. The minimum atomic E-state index is -0.512. The molecule has 1 fully saturated rings. The second-order valence-electron chi connectivity index (χ2n) is 6.43. The Kier molecular flexibility index (Phi) is 6.46. The smallest absolute Gasteiger partial charge is 0.277 e. The van der Waals surface area contributed by atoms with Gasteiger partial charge < -0.3 is 15.1 Å². The summed E-state index contributed by atoms with van der Waals surface area (Å²) in [5.41, 5.74) is 0.623. The molecule has 1 atom stereocenters. The van der Waals surface area contributed by atoms with Crippen LogP contribution in [-0.2, 0) is 4.79 Å².